The normalized spacial score (nSPS) is 13.0. The summed E-state index contributed by atoms with van der Waals surface area (Å²) >= 11 is 0. The van der Waals surface area contributed by atoms with Gasteiger partial charge in [-0.2, -0.15) is 13.2 Å². The number of anilines is 1. The van der Waals surface area contributed by atoms with Crippen molar-refractivity contribution in [3.05, 3.63) is 30.3 Å². The first-order valence-corrected chi connectivity index (χ1v) is 6.45. The Kier molecular flexibility index (Phi) is 5.85. The van der Waals surface area contributed by atoms with Gasteiger partial charge in [-0.3, -0.25) is 4.79 Å². The lowest BCUT2D eigenvalue weighted by Crippen LogP contribution is -2.41. The van der Waals surface area contributed by atoms with Crippen LogP contribution in [-0.2, 0) is 4.79 Å². The number of hydrogen-bond acceptors (Lipinski definition) is 2. The maximum Gasteiger partial charge on any atom is 0.403 e. The molecule has 0 aliphatic rings. The van der Waals surface area contributed by atoms with Crippen molar-refractivity contribution in [2.45, 2.75) is 25.9 Å². The molecule has 6 heteroatoms. The Morgan fingerprint density at radius 1 is 1.30 bits per heavy atom. The van der Waals surface area contributed by atoms with Gasteiger partial charge in [0.25, 0.3) is 0 Å². The summed E-state index contributed by atoms with van der Waals surface area (Å²) in [5.41, 5.74) is 0.608. The van der Waals surface area contributed by atoms with Gasteiger partial charge in [0, 0.05) is 18.8 Å². The maximum absolute atomic E-state index is 12.8. The van der Waals surface area contributed by atoms with E-state index in [9.17, 15) is 18.0 Å². The van der Waals surface area contributed by atoms with E-state index in [0.717, 1.165) is 6.42 Å². The number of rotatable bonds is 7. The number of carboxylic acid groups (broad SMARTS) is 1. The molecule has 1 N–H and O–H groups in total. The van der Waals surface area contributed by atoms with Crippen LogP contribution < -0.4 is 4.90 Å². The molecule has 112 valence electrons. The smallest absolute Gasteiger partial charge is 0.403 e. The zero-order valence-electron chi connectivity index (χ0n) is 11.2. The molecule has 1 aromatic carbocycles. The highest BCUT2D eigenvalue weighted by Crippen LogP contribution is 2.29. The second-order valence-electron chi connectivity index (χ2n) is 4.57. The number of carboxylic acids is 1. The Labute approximate surface area is 116 Å². The Bertz CT molecular complexity index is 420. The third-order valence-electron chi connectivity index (χ3n) is 3.00. The fraction of sp³-hybridized carbons (Fsp3) is 0.500. The number of para-hydroxylation sites is 1. The molecule has 0 fully saturated rings. The highest BCUT2D eigenvalue weighted by atomic mass is 19.4. The highest BCUT2D eigenvalue weighted by Gasteiger charge is 2.45. The van der Waals surface area contributed by atoms with Gasteiger partial charge in [0.2, 0.25) is 0 Å². The van der Waals surface area contributed by atoms with Crippen LogP contribution in [0.4, 0.5) is 18.9 Å². The van der Waals surface area contributed by atoms with Gasteiger partial charge >= 0.3 is 12.1 Å². The summed E-state index contributed by atoms with van der Waals surface area (Å²) in [4.78, 5) is 12.3. The molecule has 0 saturated carbocycles. The zero-order valence-corrected chi connectivity index (χ0v) is 11.2. The first kappa shape index (κ1) is 16.3. The van der Waals surface area contributed by atoms with Crippen LogP contribution in [0.25, 0.3) is 0 Å². The monoisotopic (exact) mass is 289 g/mol. The van der Waals surface area contributed by atoms with Crippen molar-refractivity contribution in [2.75, 3.05) is 18.0 Å². The molecule has 0 bridgehead atoms. The van der Waals surface area contributed by atoms with Crippen LogP contribution in [0.1, 0.15) is 19.8 Å². The first-order chi connectivity index (χ1) is 9.36. The van der Waals surface area contributed by atoms with Crippen LogP contribution in [0.5, 0.6) is 0 Å². The van der Waals surface area contributed by atoms with Crippen molar-refractivity contribution >= 4 is 11.7 Å². The molecule has 0 spiro atoms. The Balaban J connectivity index is 2.91. The second-order valence-corrected chi connectivity index (χ2v) is 4.57. The molecule has 0 aromatic heterocycles. The Morgan fingerprint density at radius 2 is 1.90 bits per heavy atom. The predicted octanol–water partition coefficient (Wildman–Crippen LogP) is 3.56. The molecule has 20 heavy (non-hydrogen) atoms. The second kappa shape index (κ2) is 7.17. The van der Waals surface area contributed by atoms with Crippen molar-refractivity contribution < 1.29 is 23.1 Å². The van der Waals surface area contributed by atoms with Gasteiger partial charge < -0.3 is 10.0 Å². The average Bonchev–Trinajstić information content (AvgIpc) is 2.38. The number of unbranched alkanes of at least 4 members (excludes halogenated alkanes) is 1. The molecule has 3 nitrogen and oxygen atoms in total. The zero-order chi connectivity index (χ0) is 15.2. The molecule has 0 heterocycles. The summed E-state index contributed by atoms with van der Waals surface area (Å²) in [6, 6.07) is 8.57. The molecule has 1 aromatic rings. The fourth-order valence-corrected chi connectivity index (χ4v) is 1.86. The molecule has 1 unspecified atom stereocenters. The first-order valence-electron chi connectivity index (χ1n) is 6.45. The van der Waals surface area contributed by atoms with E-state index in [1.165, 1.54) is 4.90 Å². The molecule has 0 aliphatic carbocycles. The van der Waals surface area contributed by atoms with Crippen LogP contribution in [0.3, 0.4) is 0 Å². The van der Waals surface area contributed by atoms with Gasteiger partial charge in [-0.25, -0.2) is 0 Å². The molecule has 0 aliphatic heterocycles. The third kappa shape index (κ3) is 4.75. The minimum atomic E-state index is -4.74. The van der Waals surface area contributed by atoms with E-state index in [2.05, 4.69) is 0 Å². The number of aliphatic carboxylic acids is 1. The standard InChI is InChI=1S/C14H18F3NO2/c1-2-3-9-18(11-7-5-4-6-8-11)10-12(13(19)20)14(15,16)17/h4-8,12H,2-3,9-10H2,1H3,(H,19,20). The number of alkyl halides is 3. The van der Waals surface area contributed by atoms with Gasteiger partial charge in [-0.1, -0.05) is 31.5 Å². The molecule has 0 radical (unpaired) electrons. The van der Waals surface area contributed by atoms with Crippen LogP contribution in [0.2, 0.25) is 0 Å². The summed E-state index contributed by atoms with van der Waals surface area (Å²) in [6.07, 6.45) is -3.21. The number of benzene rings is 1. The van der Waals surface area contributed by atoms with E-state index in [0.29, 0.717) is 18.7 Å². The molecular formula is C14H18F3NO2. The van der Waals surface area contributed by atoms with Crippen molar-refractivity contribution in [1.29, 1.82) is 0 Å². The molecule has 0 amide bonds. The quantitative estimate of drug-likeness (QED) is 0.834. The number of nitrogens with zero attached hydrogens (tertiary/aromatic N) is 1. The minimum Gasteiger partial charge on any atom is -0.481 e. The van der Waals surface area contributed by atoms with Gasteiger partial charge in [-0.15, -0.1) is 0 Å². The summed E-state index contributed by atoms with van der Waals surface area (Å²) in [6.45, 7) is 1.77. The van der Waals surface area contributed by atoms with E-state index in [4.69, 9.17) is 5.11 Å². The number of hydrogen-bond donors (Lipinski definition) is 1. The summed E-state index contributed by atoms with van der Waals surface area (Å²) < 4.78 is 38.3. The topological polar surface area (TPSA) is 40.5 Å². The van der Waals surface area contributed by atoms with Crippen molar-refractivity contribution in [1.82, 2.24) is 0 Å². The van der Waals surface area contributed by atoms with Crippen LogP contribution in [-0.4, -0.2) is 30.3 Å². The van der Waals surface area contributed by atoms with Crippen molar-refractivity contribution in [2.24, 2.45) is 5.92 Å². The fourth-order valence-electron chi connectivity index (χ4n) is 1.86. The Morgan fingerprint density at radius 3 is 2.35 bits per heavy atom. The lowest BCUT2D eigenvalue weighted by molar-refractivity contribution is -0.191. The predicted molar refractivity (Wildman–Crippen MR) is 70.7 cm³/mol. The van der Waals surface area contributed by atoms with Gasteiger partial charge in [0.05, 0.1) is 0 Å². The molecular weight excluding hydrogens is 271 g/mol. The molecule has 1 rings (SSSR count). The average molecular weight is 289 g/mol. The number of halogens is 3. The van der Waals surface area contributed by atoms with Gasteiger partial charge in [0.15, 0.2) is 5.92 Å². The van der Waals surface area contributed by atoms with E-state index in [1.54, 1.807) is 30.3 Å². The highest BCUT2D eigenvalue weighted by molar-refractivity contribution is 5.72. The van der Waals surface area contributed by atoms with E-state index in [-0.39, 0.29) is 0 Å². The largest absolute Gasteiger partial charge is 0.481 e. The third-order valence-corrected chi connectivity index (χ3v) is 3.00. The SMILES string of the molecule is CCCCN(CC(C(=O)O)C(F)(F)F)c1ccccc1. The van der Waals surface area contributed by atoms with Crippen molar-refractivity contribution in [3.63, 3.8) is 0 Å². The molecule has 0 saturated heterocycles. The summed E-state index contributed by atoms with van der Waals surface area (Å²) in [5.74, 6) is -4.21. The van der Waals surface area contributed by atoms with Gasteiger partial charge in [-0.05, 0) is 18.6 Å². The maximum atomic E-state index is 12.8. The van der Waals surface area contributed by atoms with E-state index >= 15 is 0 Å². The Hall–Kier alpha value is -1.72. The van der Waals surface area contributed by atoms with Crippen molar-refractivity contribution in [3.8, 4) is 0 Å². The number of carbonyl (C=O) groups is 1. The van der Waals surface area contributed by atoms with Gasteiger partial charge in [0.1, 0.15) is 0 Å². The summed E-state index contributed by atoms with van der Waals surface area (Å²) in [5, 5.41) is 8.78. The lowest BCUT2D eigenvalue weighted by Gasteiger charge is -2.28. The minimum absolute atomic E-state index is 0.403. The van der Waals surface area contributed by atoms with Crippen LogP contribution in [0.15, 0.2) is 30.3 Å². The van der Waals surface area contributed by atoms with Crippen LogP contribution in [0, 0.1) is 5.92 Å². The van der Waals surface area contributed by atoms with Crippen LogP contribution >= 0.6 is 0 Å². The summed E-state index contributed by atoms with van der Waals surface area (Å²) in [7, 11) is 0. The molecule has 1 atom stereocenters. The van der Waals surface area contributed by atoms with E-state index < -0.39 is 24.6 Å². The lowest BCUT2D eigenvalue weighted by atomic mass is 10.1. The van der Waals surface area contributed by atoms with E-state index in [1.807, 2.05) is 6.92 Å².